The topological polar surface area (TPSA) is 58.4 Å². The van der Waals surface area contributed by atoms with Crippen molar-refractivity contribution in [3.63, 3.8) is 0 Å². The Labute approximate surface area is 165 Å². The molecule has 0 saturated carbocycles. The lowest BCUT2D eigenvalue weighted by Crippen LogP contribution is -2.17. The van der Waals surface area contributed by atoms with Gasteiger partial charge in [0.15, 0.2) is 11.7 Å². The van der Waals surface area contributed by atoms with Gasteiger partial charge in [-0.15, -0.1) is 0 Å². The molecule has 28 heavy (non-hydrogen) atoms. The number of oxazole rings is 1. The highest BCUT2D eigenvalue weighted by atomic mass is 35.5. The van der Waals surface area contributed by atoms with E-state index in [1.165, 1.54) is 12.3 Å². The molecule has 8 heteroatoms. The van der Waals surface area contributed by atoms with Crippen molar-refractivity contribution in [1.29, 1.82) is 0 Å². The average Bonchev–Trinajstić information content (AvgIpc) is 3.08. The Bertz CT molecular complexity index is 1000. The van der Waals surface area contributed by atoms with Crippen molar-refractivity contribution < 1.29 is 18.0 Å². The molecule has 146 valence electrons. The van der Waals surface area contributed by atoms with E-state index in [4.69, 9.17) is 16.0 Å². The molecule has 3 aromatic rings. The number of carbonyl (C=O) groups is 1. The first-order valence-corrected chi connectivity index (χ1v) is 8.88. The maximum atomic E-state index is 13.8. The summed E-state index contributed by atoms with van der Waals surface area (Å²) in [4.78, 5) is 18.2. The van der Waals surface area contributed by atoms with Crippen LogP contribution < -0.4 is 10.2 Å². The molecule has 1 amide bonds. The van der Waals surface area contributed by atoms with Gasteiger partial charge in [0.1, 0.15) is 11.6 Å². The molecule has 0 unspecified atom stereocenters. The second-order valence-corrected chi connectivity index (χ2v) is 6.73. The zero-order valence-corrected chi connectivity index (χ0v) is 16.1. The van der Waals surface area contributed by atoms with E-state index in [0.717, 1.165) is 12.1 Å². The standard InChI is InChI=1S/C20H18ClF2N3O2/c1-26(2)20-14(21)4-3-5-16(20)25-18(27)8-9-19-24-11-17(28-19)13-7-6-12(22)10-15(13)23/h3-7,10-11H,8-9H2,1-2H3,(H,25,27). The maximum Gasteiger partial charge on any atom is 0.224 e. The number of nitrogens with zero attached hydrogens (tertiary/aromatic N) is 2. The molecule has 3 rings (SSSR count). The average molecular weight is 406 g/mol. The summed E-state index contributed by atoms with van der Waals surface area (Å²) in [5, 5.41) is 3.35. The van der Waals surface area contributed by atoms with Gasteiger partial charge < -0.3 is 14.6 Å². The van der Waals surface area contributed by atoms with Crippen molar-refractivity contribution in [2.24, 2.45) is 0 Å². The summed E-state index contributed by atoms with van der Waals surface area (Å²) in [6.07, 6.45) is 1.70. The molecule has 0 bridgehead atoms. The highest BCUT2D eigenvalue weighted by molar-refractivity contribution is 6.34. The third-order valence-electron chi connectivity index (χ3n) is 4.02. The Morgan fingerprint density at radius 2 is 2.04 bits per heavy atom. The number of aryl methyl sites for hydroxylation is 1. The second-order valence-electron chi connectivity index (χ2n) is 6.32. The first-order valence-electron chi connectivity index (χ1n) is 8.51. The fourth-order valence-corrected chi connectivity index (χ4v) is 3.09. The molecular formula is C20H18ClF2N3O2. The van der Waals surface area contributed by atoms with Gasteiger partial charge in [-0.1, -0.05) is 17.7 Å². The normalized spacial score (nSPS) is 10.8. The molecule has 1 N–H and O–H groups in total. The number of hydrogen-bond donors (Lipinski definition) is 1. The zero-order chi connectivity index (χ0) is 20.3. The van der Waals surface area contributed by atoms with E-state index < -0.39 is 11.6 Å². The molecule has 0 atom stereocenters. The Hall–Kier alpha value is -2.93. The number of carbonyl (C=O) groups excluding carboxylic acids is 1. The zero-order valence-electron chi connectivity index (χ0n) is 15.3. The first-order chi connectivity index (χ1) is 13.3. The van der Waals surface area contributed by atoms with E-state index in [2.05, 4.69) is 10.3 Å². The van der Waals surface area contributed by atoms with Crippen LogP contribution in [0.15, 0.2) is 47.0 Å². The molecule has 0 radical (unpaired) electrons. The minimum Gasteiger partial charge on any atom is -0.441 e. The third-order valence-corrected chi connectivity index (χ3v) is 4.33. The van der Waals surface area contributed by atoms with Crippen LogP contribution in [0.1, 0.15) is 12.3 Å². The van der Waals surface area contributed by atoms with Crippen LogP contribution >= 0.6 is 11.6 Å². The summed E-state index contributed by atoms with van der Waals surface area (Å²) < 4.78 is 32.3. The molecule has 0 spiro atoms. The van der Waals surface area contributed by atoms with Crippen LogP contribution in [0, 0.1) is 11.6 Å². The van der Waals surface area contributed by atoms with Crippen molar-refractivity contribution in [1.82, 2.24) is 4.98 Å². The number of amides is 1. The van der Waals surface area contributed by atoms with Crippen LogP contribution in [0.4, 0.5) is 20.2 Å². The molecule has 1 heterocycles. The second kappa shape index (κ2) is 8.39. The monoisotopic (exact) mass is 405 g/mol. The Kier molecular flexibility index (Phi) is 5.94. The minimum atomic E-state index is -0.738. The van der Waals surface area contributed by atoms with Crippen molar-refractivity contribution in [3.05, 3.63) is 65.1 Å². The van der Waals surface area contributed by atoms with Crippen LogP contribution in [0.3, 0.4) is 0 Å². The van der Waals surface area contributed by atoms with Crippen molar-refractivity contribution in [2.75, 3.05) is 24.3 Å². The van der Waals surface area contributed by atoms with Gasteiger partial charge in [-0.25, -0.2) is 13.8 Å². The summed E-state index contributed by atoms with van der Waals surface area (Å²) in [5.41, 5.74) is 1.42. The predicted octanol–water partition coefficient (Wildman–Crippen LogP) is 4.91. The minimum absolute atomic E-state index is 0.110. The number of anilines is 2. The van der Waals surface area contributed by atoms with E-state index in [9.17, 15) is 13.6 Å². The lowest BCUT2D eigenvalue weighted by atomic mass is 10.2. The Morgan fingerprint density at radius 1 is 1.25 bits per heavy atom. The largest absolute Gasteiger partial charge is 0.441 e. The summed E-state index contributed by atoms with van der Waals surface area (Å²) >= 11 is 6.19. The van der Waals surface area contributed by atoms with Crippen molar-refractivity contribution in [3.8, 4) is 11.3 Å². The van der Waals surface area contributed by atoms with E-state index >= 15 is 0 Å². The van der Waals surface area contributed by atoms with Gasteiger partial charge in [0.25, 0.3) is 0 Å². The molecule has 0 aliphatic rings. The number of halogens is 3. The maximum absolute atomic E-state index is 13.8. The van der Waals surface area contributed by atoms with Gasteiger partial charge in [-0.05, 0) is 24.3 Å². The molecule has 0 saturated heterocycles. The lowest BCUT2D eigenvalue weighted by Gasteiger charge is -2.19. The molecule has 0 fully saturated rings. The molecule has 5 nitrogen and oxygen atoms in total. The highest BCUT2D eigenvalue weighted by Gasteiger charge is 2.15. The van der Waals surface area contributed by atoms with Gasteiger partial charge in [0, 0.05) is 33.0 Å². The molecule has 1 aromatic heterocycles. The first kappa shape index (κ1) is 19.8. The van der Waals surface area contributed by atoms with Crippen LogP contribution in [0.5, 0.6) is 0 Å². The van der Waals surface area contributed by atoms with E-state index in [-0.39, 0.29) is 36.0 Å². The number of aromatic nitrogens is 1. The van der Waals surface area contributed by atoms with Gasteiger partial charge in [0.2, 0.25) is 5.91 Å². The summed E-state index contributed by atoms with van der Waals surface area (Å²) in [6, 6.07) is 8.46. The SMILES string of the molecule is CN(C)c1c(Cl)cccc1NC(=O)CCc1ncc(-c2ccc(F)cc2F)o1. The Balaban J connectivity index is 1.65. The molecule has 2 aromatic carbocycles. The van der Waals surface area contributed by atoms with E-state index in [0.29, 0.717) is 16.4 Å². The number of rotatable bonds is 6. The number of nitrogens with one attached hydrogen (secondary N) is 1. The van der Waals surface area contributed by atoms with Crippen LogP contribution in [-0.4, -0.2) is 25.0 Å². The highest BCUT2D eigenvalue weighted by Crippen LogP contribution is 2.32. The lowest BCUT2D eigenvalue weighted by molar-refractivity contribution is -0.116. The van der Waals surface area contributed by atoms with Crippen LogP contribution in [0.25, 0.3) is 11.3 Å². The van der Waals surface area contributed by atoms with Gasteiger partial charge in [-0.3, -0.25) is 4.79 Å². The third kappa shape index (κ3) is 4.48. The fraction of sp³-hybridized carbons (Fsp3) is 0.200. The molecule has 0 aliphatic heterocycles. The van der Waals surface area contributed by atoms with Crippen LogP contribution in [-0.2, 0) is 11.2 Å². The van der Waals surface area contributed by atoms with Crippen molar-refractivity contribution in [2.45, 2.75) is 12.8 Å². The van der Waals surface area contributed by atoms with Gasteiger partial charge >= 0.3 is 0 Å². The quantitative estimate of drug-likeness (QED) is 0.633. The van der Waals surface area contributed by atoms with Crippen molar-refractivity contribution >= 4 is 28.9 Å². The van der Waals surface area contributed by atoms with Gasteiger partial charge in [0.05, 0.1) is 28.2 Å². The van der Waals surface area contributed by atoms with E-state index in [1.54, 1.807) is 18.2 Å². The van der Waals surface area contributed by atoms with Gasteiger partial charge in [-0.2, -0.15) is 0 Å². The van der Waals surface area contributed by atoms with E-state index in [1.807, 2.05) is 19.0 Å². The number of hydrogen-bond acceptors (Lipinski definition) is 4. The Morgan fingerprint density at radius 3 is 2.75 bits per heavy atom. The smallest absolute Gasteiger partial charge is 0.224 e. The van der Waals surface area contributed by atoms with Crippen LogP contribution in [0.2, 0.25) is 5.02 Å². The number of para-hydroxylation sites is 1. The summed E-state index contributed by atoms with van der Waals surface area (Å²) in [7, 11) is 3.67. The molecular weight excluding hydrogens is 388 g/mol. The molecule has 0 aliphatic carbocycles. The summed E-state index contributed by atoms with van der Waals surface area (Å²) in [5.74, 6) is -1.18. The predicted molar refractivity (Wildman–Crippen MR) is 105 cm³/mol. The summed E-state index contributed by atoms with van der Waals surface area (Å²) in [6.45, 7) is 0. The fourth-order valence-electron chi connectivity index (χ4n) is 2.74. The number of benzene rings is 2.